The Kier molecular flexibility index (Phi) is 3.57. The average molecular weight is 170 g/mol. The van der Waals surface area contributed by atoms with Gasteiger partial charge in [-0.2, -0.15) is 0 Å². The van der Waals surface area contributed by atoms with E-state index in [4.69, 9.17) is 4.74 Å². The van der Waals surface area contributed by atoms with Gasteiger partial charge in [-0.1, -0.05) is 33.6 Å². The molecule has 1 saturated heterocycles. The lowest BCUT2D eigenvalue weighted by molar-refractivity contribution is -0.0755. The first kappa shape index (κ1) is 10.0. The van der Waals surface area contributed by atoms with Crippen LogP contribution in [0.4, 0.5) is 0 Å². The molecule has 0 bridgehead atoms. The summed E-state index contributed by atoms with van der Waals surface area (Å²) in [5.41, 5.74) is 0.542. The second-order valence-corrected chi connectivity index (χ2v) is 4.40. The molecule has 0 aliphatic carbocycles. The van der Waals surface area contributed by atoms with E-state index in [1.807, 2.05) is 0 Å². The van der Waals surface area contributed by atoms with Crippen LogP contribution in [0.5, 0.6) is 0 Å². The Morgan fingerprint density at radius 3 is 2.42 bits per heavy atom. The minimum atomic E-state index is 0.542. The molecule has 1 nitrogen and oxygen atoms in total. The van der Waals surface area contributed by atoms with Crippen molar-refractivity contribution in [1.82, 2.24) is 0 Å². The lowest BCUT2D eigenvalue weighted by Gasteiger charge is -2.36. The zero-order chi connectivity index (χ0) is 9.03. The molecule has 1 fully saturated rings. The number of rotatable bonds is 5. The van der Waals surface area contributed by atoms with E-state index in [9.17, 15) is 0 Å². The summed E-state index contributed by atoms with van der Waals surface area (Å²) in [6, 6.07) is 0. The monoisotopic (exact) mass is 170 g/mol. The second kappa shape index (κ2) is 4.27. The van der Waals surface area contributed by atoms with Crippen LogP contribution in [0.2, 0.25) is 0 Å². The van der Waals surface area contributed by atoms with Crippen LogP contribution in [0.1, 0.15) is 52.9 Å². The fourth-order valence-corrected chi connectivity index (χ4v) is 2.02. The van der Waals surface area contributed by atoms with Gasteiger partial charge < -0.3 is 4.74 Å². The van der Waals surface area contributed by atoms with Gasteiger partial charge >= 0.3 is 0 Å². The lowest BCUT2D eigenvalue weighted by atomic mass is 9.77. The summed E-state index contributed by atoms with van der Waals surface area (Å²) in [7, 11) is 0. The van der Waals surface area contributed by atoms with Crippen molar-refractivity contribution in [2.45, 2.75) is 59.0 Å². The Balaban J connectivity index is 2.30. The van der Waals surface area contributed by atoms with Gasteiger partial charge in [0.25, 0.3) is 0 Å². The van der Waals surface area contributed by atoms with Gasteiger partial charge in [0.2, 0.25) is 0 Å². The van der Waals surface area contributed by atoms with E-state index in [1.165, 1.54) is 32.1 Å². The molecular formula is C11H22O. The van der Waals surface area contributed by atoms with E-state index >= 15 is 0 Å². The summed E-state index contributed by atoms with van der Waals surface area (Å²) >= 11 is 0. The topological polar surface area (TPSA) is 9.23 Å². The summed E-state index contributed by atoms with van der Waals surface area (Å²) in [5, 5.41) is 0. The molecule has 0 aromatic carbocycles. The largest absolute Gasteiger partial charge is 0.378 e. The first-order chi connectivity index (χ1) is 5.70. The normalized spacial score (nSPS) is 27.8. The van der Waals surface area contributed by atoms with Crippen molar-refractivity contribution in [1.29, 1.82) is 0 Å². The number of ether oxygens (including phenoxy) is 1. The van der Waals surface area contributed by atoms with E-state index in [0.29, 0.717) is 11.5 Å². The van der Waals surface area contributed by atoms with E-state index in [-0.39, 0.29) is 0 Å². The highest BCUT2D eigenvalue weighted by molar-refractivity contribution is 4.79. The molecule has 0 aromatic rings. The third kappa shape index (κ3) is 2.48. The molecule has 1 heteroatoms. The molecule has 1 heterocycles. The Labute approximate surface area is 76.5 Å². The van der Waals surface area contributed by atoms with Gasteiger partial charge in [0.15, 0.2) is 0 Å². The van der Waals surface area contributed by atoms with Gasteiger partial charge in [0.1, 0.15) is 0 Å². The first-order valence-corrected chi connectivity index (χ1v) is 5.32. The highest BCUT2D eigenvalue weighted by Crippen LogP contribution is 2.36. The van der Waals surface area contributed by atoms with Crippen LogP contribution in [0.25, 0.3) is 0 Å². The summed E-state index contributed by atoms with van der Waals surface area (Å²) in [5.74, 6) is 0. The molecule has 0 amide bonds. The third-order valence-corrected chi connectivity index (χ3v) is 3.22. The maximum absolute atomic E-state index is 5.47. The molecule has 72 valence electrons. The molecule has 0 spiro atoms. The fraction of sp³-hybridized carbons (Fsp3) is 1.00. The predicted octanol–water partition coefficient (Wildman–Crippen LogP) is 3.38. The Morgan fingerprint density at radius 2 is 2.08 bits per heavy atom. The van der Waals surface area contributed by atoms with Crippen LogP contribution in [-0.2, 0) is 4.74 Å². The van der Waals surface area contributed by atoms with E-state index in [2.05, 4.69) is 20.8 Å². The molecule has 0 radical (unpaired) electrons. The Morgan fingerprint density at radius 1 is 1.42 bits per heavy atom. The van der Waals surface area contributed by atoms with Crippen molar-refractivity contribution in [3.63, 3.8) is 0 Å². The first-order valence-electron chi connectivity index (χ1n) is 5.32. The number of hydrogen-bond acceptors (Lipinski definition) is 1. The zero-order valence-corrected chi connectivity index (χ0v) is 8.73. The highest BCUT2D eigenvalue weighted by atomic mass is 16.5. The molecule has 0 N–H and O–H groups in total. The summed E-state index contributed by atoms with van der Waals surface area (Å²) < 4.78 is 5.47. The van der Waals surface area contributed by atoms with Crippen molar-refractivity contribution in [3.05, 3.63) is 0 Å². The van der Waals surface area contributed by atoms with Gasteiger partial charge in [-0.25, -0.2) is 0 Å². The maximum Gasteiger partial charge on any atom is 0.0602 e. The van der Waals surface area contributed by atoms with Crippen molar-refractivity contribution >= 4 is 0 Å². The minimum Gasteiger partial charge on any atom is -0.378 e. The van der Waals surface area contributed by atoms with Crippen LogP contribution in [-0.4, -0.2) is 12.7 Å². The highest BCUT2D eigenvalue weighted by Gasteiger charge is 2.29. The molecule has 12 heavy (non-hydrogen) atoms. The van der Waals surface area contributed by atoms with Gasteiger partial charge in [0.05, 0.1) is 6.10 Å². The molecule has 1 rings (SSSR count). The molecule has 2 unspecified atom stereocenters. The van der Waals surface area contributed by atoms with Crippen molar-refractivity contribution in [2.24, 2.45) is 5.41 Å². The molecule has 0 saturated carbocycles. The quantitative estimate of drug-likeness (QED) is 0.614. The molecular weight excluding hydrogens is 148 g/mol. The number of hydrogen-bond donors (Lipinski definition) is 0. The van der Waals surface area contributed by atoms with Crippen LogP contribution < -0.4 is 0 Å². The Hall–Kier alpha value is -0.0400. The van der Waals surface area contributed by atoms with Crippen LogP contribution in [0, 0.1) is 5.41 Å². The van der Waals surface area contributed by atoms with Gasteiger partial charge in [-0.15, -0.1) is 0 Å². The van der Waals surface area contributed by atoms with Crippen LogP contribution in [0.15, 0.2) is 0 Å². The van der Waals surface area contributed by atoms with Crippen molar-refractivity contribution < 1.29 is 4.74 Å². The van der Waals surface area contributed by atoms with Gasteiger partial charge in [-0.3, -0.25) is 0 Å². The maximum atomic E-state index is 5.47. The van der Waals surface area contributed by atoms with E-state index in [0.717, 1.165) is 6.61 Å². The van der Waals surface area contributed by atoms with Crippen molar-refractivity contribution in [2.75, 3.05) is 6.61 Å². The Bertz CT molecular complexity index is 129. The zero-order valence-electron chi connectivity index (χ0n) is 8.73. The van der Waals surface area contributed by atoms with E-state index < -0.39 is 0 Å². The average Bonchev–Trinajstić information content (AvgIpc) is 1.98. The van der Waals surface area contributed by atoms with Crippen LogP contribution in [0.3, 0.4) is 0 Å². The molecule has 0 aromatic heterocycles. The minimum absolute atomic E-state index is 0.542. The van der Waals surface area contributed by atoms with Crippen LogP contribution >= 0.6 is 0 Å². The lowest BCUT2D eigenvalue weighted by Crippen LogP contribution is -2.33. The molecule has 1 aliphatic heterocycles. The summed E-state index contributed by atoms with van der Waals surface area (Å²) in [4.78, 5) is 0. The standard InChI is InChI=1S/C11H22O/c1-4-7-11(3,5-2)9-10-6-8-12-10/h10H,4-9H2,1-3H3. The van der Waals surface area contributed by atoms with E-state index in [1.54, 1.807) is 0 Å². The molecule has 1 aliphatic rings. The summed E-state index contributed by atoms with van der Waals surface area (Å²) in [6.07, 6.45) is 7.10. The second-order valence-electron chi connectivity index (χ2n) is 4.40. The third-order valence-electron chi connectivity index (χ3n) is 3.22. The summed E-state index contributed by atoms with van der Waals surface area (Å²) in [6.45, 7) is 7.97. The molecule has 2 atom stereocenters. The van der Waals surface area contributed by atoms with Crippen molar-refractivity contribution in [3.8, 4) is 0 Å². The SMILES string of the molecule is CCCC(C)(CC)CC1CCO1. The predicted molar refractivity (Wildman–Crippen MR) is 52.3 cm³/mol. The smallest absolute Gasteiger partial charge is 0.0602 e. The van der Waals surface area contributed by atoms with Gasteiger partial charge in [-0.05, 0) is 24.7 Å². The fourth-order valence-electron chi connectivity index (χ4n) is 2.02. The van der Waals surface area contributed by atoms with Gasteiger partial charge in [0, 0.05) is 6.61 Å².